The lowest BCUT2D eigenvalue weighted by molar-refractivity contribution is 0.0767. The zero-order chi connectivity index (χ0) is 17.9. The van der Waals surface area contributed by atoms with Gasteiger partial charge in [-0.25, -0.2) is 0 Å². The Hall–Kier alpha value is -3.22. The monoisotopic (exact) mass is 350 g/mol. The summed E-state index contributed by atoms with van der Waals surface area (Å²) in [5.74, 6) is 0.782. The number of benzene rings is 1. The van der Waals surface area contributed by atoms with E-state index < -0.39 is 0 Å². The second-order valence-corrected chi connectivity index (χ2v) is 6.07. The molecule has 0 bridgehead atoms. The summed E-state index contributed by atoms with van der Waals surface area (Å²) in [6.07, 6.45) is 2.30. The number of rotatable bonds is 4. The third-order valence-corrected chi connectivity index (χ3v) is 4.42. The van der Waals surface area contributed by atoms with Gasteiger partial charge in [0.05, 0.1) is 13.7 Å². The van der Waals surface area contributed by atoms with Crippen LogP contribution in [0.4, 0.5) is 0 Å². The van der Waals surface area contributed by atoms with Crippen LogP contribution in [0.1, 0.15) is 16.9 Å². The topological polar surface area (TPSA) is 77.4 Å². The predicted octanol–water partition coefficient (Wildman–Crippen LogP) is 2.33. The minimum Gasteiger partial charge on any atom is -0.480 e. The van der Waals surface area contributed by atoms with Crippen LogP contribution in [0.3, 0.4) is 0 Å². The van der Waals surface area contributed by atoms with Crippen molar-refractivity contribution in [3.05, 3.63) is 54.4 Å². The minimum absolute atomic E-state index is 0.0753. The zero-order valence-electron chi connectivity index (χ0n) is 14.3. The summed E-state index contributed by atoms with van der Waals surface area (Å²) in [6, 6.07) is 13.1. The van der Waals surface area contributed by atoms with Gasteiger partial charge < -0.3 is 14.4 Å². The molecule has 1 unspecified atom stereocenters. The highest BCUT2D eigenvalue weighted by Crippen LogP contribution is 2.22. The fourth-order valence-corrected chi connectivity index (χ4v) is 3.10. The molecule has 132 valence electrons. The molecule has 1 atom stereocenters. The van der Waals surface area contributed by atoms with Gasteiger partial charge in [0.25, 0.3) is 5.91 Å². The van der Waals surface area contributed by atoms with Crippen LogP contribution >= 0.6 is 0 Å². The summed E-state index contributed by atoms with van der Waals surface area (Å²) < 4.78 is 10.8. The average Bonchev–Trinajstić information content (AvgIpc) is 3.16. The van der Waals surface area contributed by atoms with Gasteiger partial charge in [-0.1, -0.05) is 24.3 Å². The molecule has 4 rings (SSSR count). The fourth-order valence-electron chi connectivity index (χ4n) is 3.10. The molecule has 1 amide bonds. The number of hydrogen-bond donors (Lipinski definition) is 0. The first-order chi connectivity index (χ1) is 12.7. The van der Waals surface area contributed by atoms with Crippen molar-refractivity contribution < 1.29 is 14.3 Å². The van der Waals surface area contributed by atoms with E-state index in [1.165, 1.54) is 7.11 Å². The number of fused-ring (bicyclic) bond motifs is 1. The van der Waals surface area contributed by atoms with Crippen LogP contribution in [-0.2, 0) is 0 Å². The molecule has 0 spiro atoms. The van der Waals surface area contributed by atoms with E-state index in [-0.39, 0.29) is 12.0 Å². The molecule has 1 fully saturated rings. The minimum atomic E-state index is -0.114. The Morgan fingerprint density at radius 1 is 1.12 bits per heavy atom. The van der Waals surface area contributed by atoms with Crippen LogP contribution < -0.4 is 9.47 Å². The summed E-state index contributed by atoms with van der Waals surface area (Å²) >= 11 is 0. The van der Waals surface area contributed by atoms with Gasteiger partial charge in [-0.3, -0.25) is 9.78 Å². The van der Waals surface area contributed by atoms with Crippen LogP contribution in [0, 0.1) is 0 Å². The lowest BCUT2D eigenvalue weighted by Gasteiger charge is -2.17. The number of carbonyl (C=O) groups is 1. The van der Waals surface area contributed by atoms with Gasteiger partial charge in [-0.2, -0.15) is 0 Å². The molecule has 7 heteroatoms. The summed E-state index contributed by atoms with van der Waals surface area (Å²) in [6.45, 7) is 1.12. The molecule has 0 aliphatic carbocycles. The van der Waals surface area contributed by atoms with Crippen LogP contribution in [0.2, 0.25) is 0 Å². The Morgan fingerprint density at radius 3 is 2.73 bits per heavy atom. The van der Waals surface area contributed by atoms with Crippen LogP contribution in [0.25, 0.3) is 10.8 Å². The van der Waals surface area contributed by atoms with Gasteiger partial charge in [0.15, 0.2) is 0 Å². The van der Waals surface area contributed by atoms with Gasteiger partial charge in [-0.05, 0) is 11.5 Å². The highest BCUT2D eigenvalue weighted by atomic mass is 16.5. The molecular formula is C19H18N4O3. The van der Waals surface area contributed by atoms with Crippen LogP contribution in [-0.4, -0.2) is 52.3 Å². The van der Waals surface area contributed by atoms with E-state index in [4.69, 9.17) is 9.47 Å². The first-order valence-electron chi connectivity index (χ1n) is 8.42. The van der Waals surface area contributed by atoms with Gasteiger partial charge in [0, 0.05) is 36.7 Å². The van der Waals surface area contributed by atoms with E-state index >= 15 is 0 Å². The first kappa shape index (κ1) is 16.3. The number of aromatic nitrogens is 3. The van der Waals surface area contributed by atoms with Crippen molar-refractivity contribution in [1.29, 1.82) is 0 Å². The molecule has 3 aromatic rings. The van der Waals surface area contributed by atoms with Crippen molar-refractivity contribution in [2.45, 2.75) is 12.5 Å². The molecule has 0 radical (unpaired) electrons. The molecule has 0 saturated carbocycles. The Morgan fingerprint density at radius 2 is 1.92 bits per heavy atom. The summed E-state index contributed by atoms with van der Waals surface area (Å²) in [7, 11) is 1.53. The number of methoxy groups -OCH3 is 1. The van der Waals surface area contributed by atoms with E-state index in [2.05, 4.69) is 15.2 Å². The fraction of sp³-hybridized carbons (Fsp3) is 0.263. The molecule has 1 aliphatic heterocycles. The normalized spacial score (nSPS) is 16.7. The highest BCUT2D eigenvalue weighted by Gasteiger charge is 2.30. The Labute approximate surface area is 150 Å². The van der Waals surface area contributed by atoms with Crippen molar-refractivity contribution in [2.75, 3.05) is 20.2 Å². The SMILES string of the molecule is COc1ccc(OC2CCN(C(=O)c3nccc4ccccc34)C2)nn1. The third kappa shape index (κ3) is 3.15. The molecular weight excluding hydrogens is 332 g/mol. The van der Waals surface area contributed by atoms with Crippen molar-refractivity contribution >= 4 is 16.7 Å². The summed E-state index contributed by atoms with van der Waals surface area (Å²) in [4.78, 5) is 19.0. The predicted molar refractivity (Wildman–Crippen MR) is 95.3 cm³/mol. The van der Waals surface area contributed by atoms with E-state index in [1.807, 2.05) is 30.3 Å². The second kappa shape index (κ2) is 6.95. The quantitative estimate of drug-likeness (QED) is 0.719. The van der Waals surface area contributed by atoms with Gasteiger partial charge in [0.2, 0.25) is 11.8 Å². The average molecular weight is 350 g/mol. The largest absolute Gasteiger partial charge is 0.480 e. The molecule has 1 saturated heterocycles. The molecule has 7 nitrogen and oxygen atoms in total. The van der Waals surface area contributed by atoms with Crippen molar-refractivity contribution in [3.63, 3.8) is 0 Å². The maximum atomic E-state index is 12.9. The van der Waals surface area contributed by atoms with E-state index in [1.54, 1.807) is 23.2 Å². The van der Waals surface area contributed by atoms with Crippen molar-refractivity contribution in [1.82, 2.24) is 20.1 Å². The van der Waals surface area contributed by atoms with Crippen molar-refractivity contribution in [3.8, 4) is 11.8 Å². The van der Waals surface area contributed by atoms with E-state index in [0.717, 1.165) is 17.2 Å². The number of carbonyl (C=O) groups excluding carboxylic acids is 1. The standard InChI is InChI=1S/C19H18N4O3/c1-25-16-6-7-17(22-21-16)26-14-9-11-23(12-14)19(24)18-15-5-3-2-4-13(15)8-10-20-18/h2-8,10,14H,9,11-12H2,1H3. The Balaban J connectivity index is 1.46. The number of amides is 1. The van der Waals surface area contributed by atoms with Crippen LogP contribution in [0.5, 0.6) is 11.8 Å². The third-order valence-electron chi connectivity index (χ3n) is 4.42. The summed E-state index contributed by atoms with van der Waals surface area (Å²) in [5.41, 5.74) is 0.480. The zero-order valence-corrected chi connectivity index (χ0v) is 14.3. The second-order valence-electron chi connectivity index (χ2n) is 6.07. The Bertz CT molecular complexity index is 924. The number of hydrogen-bond acceptors (Lipinski definition) is 6. The number of nitrogens with zero attached hydrogens (tertiary/aromatic N) is 4. The maximum Gasteiger partial charge on any atom is 0.273 e. The Kier molecular flexibility index (Phi) is 4.35. The highest BCUT2D eigenvalue weighted by molar-refractivity contribution is 6.05. The molecule has 26 heavy (non-hydrogen) atoms. The lowest BCUT2D eigenvalue weighted by atomic mass is 10.1. The lowest BCUT2D eigenvalue weighted by Crippen LogP contribution is -2.31. The van der Waals surface area contributed by atoms with Crippen LogP contribution in [0.15, 0.2) is 48.7 Å². The van der Waals surface area contributed by atoms with Gasteiger partial charge >= 0.3 is 0 Å². The number of likely N-dealkylation sites (tertiary alicyclic amines) is 1. The smallest absolute Gasteiger partial charge is 0.273 e. The molecule has 1 aliphatic rings. The molecule has 3 heterocycles. The van der Waals surface area contributed by atoms with Crippen molar-refractivity contribution in [2.24, 2.45) is 0 Å². The molecule has 0 N–H and O–H groups in total. The van der Waals surface area contributed by atoms with Gasteiger partial charge in [-0.15, -0.1) is 10.2 Å². The number of pyridine rings is 1. The maximum absolute atomic E-state index is 12.9. The van der Waals surface area contributed by atoms with Gasteiger partial charge in [0.1, 0.15) is 11.8 Å². The molecule has 2 aromatic heterocycles. The first-order valence-corrected chi connectivity index (χ1v) is 8.42. The van der Waals surface area contributed by atoms with E-state index in [9.17, 15) is 4.79 Å². The number of ether oxygens (including phenoxy) is 2. The summed E-state index contributed by atoms with van der Waals surface area (Å²) in [5, 5.41) is 9.73. The molecule has 1 aromatic carbocycles. The van der Waals surface area contributed by atoms with E-state index in [0.29, 0.717) is 30.5 Å².